The molecule has 0 saturated carbocycles. The van der Waals surface area contributed by atoms with Crippen LogP contribution in [0.1, 0.15) is 34.1 Å². The molecule has 10 aliphatic heterocycles. The Morgan fingerprint density at radius 2 is 0.612 bits per heavy atom. The van der Waals surface area contributed by atoms with Gasteiger partial charge in [-0.25, -0.2) is 4.79 Å². The highest BCUT2D eigenvalue weighted by atomic mass is 16.8. The van der Waals surface area contributed by atoms with Gasteiger partial charge < -0.3 is 264 Å². The van der Waals surface area contributed by atoms with Crippen LogP contribution in [0.15, 0.2) is 0 Å². The van der Waals surface area contributed by atoms with Crippen LogP contribution in [0.3, 0.4) is 0 Å². The molecule has 34 N–H and O–H groups in total. The summed E-state index contributed by atoms with van der Waals surface area (Å²) in [5.74, 6) is -9.50. The second-order valence-corrected chi connectivity index (χ2v) is 32.4. The highest BCUT2D eigenvalue weighted by Crippen LogP contribution is 2.43. The number of nitrogens with one attached hydrogen (secondary N) is 4. The Balaban J connectivity index is 0.952. The van der Waals surface area contributed by atoms with E-state index in [2.05, 4.69) is 21.3 Å². The normalized spacial score (nSPS) is 48.1. The molecule has 10 heterocycles. The summed E-state index contributed by atoms with van der Waals surface area (Å²) in [6, 6.07) is -7.96. The monoisotopic (exact) mass is 1890 g/mol. The van der Waals surface area contributed by atoms with Gasteiger partial charge in [-0.3, -0.25) is 19.2 Å². The molecule has 58 nitrogen and oxygen atoms in total. The zero-order valence-electron chi connectivity index (χ0n) is 68.9. The van der Waals surface area contributed by atoms with Gasteiger partial charge in [0, 0.05) is 34.1 Å². The van der Waals surface area contributed by atoms with Crippen molar-refractivity contribution in [1.82, 2.24) is 21.3 Å². The van der Waals surface area contributed by atoms with Crippen LogP contribution in [0.25, 0.3) is 0 Å². The number of carbonyl (C=O) groups is 5. The number of hydrogen-bond donors (Lipinski definition) is 34. The minimum atomic E-state index is -3.33. The molecule has 0 bridgehead atoms. The molecule has 4 amide bonds. The average molecular weight is 1890 g/mol. The smallest absolute Gasteiger partial charge is 0.364 e. The van der Waals surface area contributed by atoms with Gasteiger partial charge in [0.15, 0.2) is 56.6 Å². The van der Waals surface area contributed by atoms with Crippen molar-refractivity contribution >= 4 is 29.6 Å². The summed E-state index contributed by atoms with van der Waals surface area (Å²) < 4.78 is 111. The minimum absolute atomic E-state index is 0.851. The van der Waals surface area contributed by atoms with E-state index in [-0.39, 0.29) is 0 Å². The first-order valence-electron chi connectivity index (χ1n) is 40.8. The summed E-state index contributed by atoms with van der Waals surface area (Å²) in [6.07, 6.45) is -101. The molecule has 0 aromatic rings. The molecule has 129 heavy (non-hydrogen) atoms. The minimum Gasteiger partial charge on any atom is -0.477 e. The first kappa shape index (κ1) is 106. The molecular weight excluding hydrogens is 1770 g/mol. The predicted molar refractivity (Wildman–Crippen MR) is 393 cm³/mol. The molecule has 0 spiro atoms. The molecule has 58 heteroatoms. The maximum absolute atomic E-state index is 13.3. The second-order valence-electron chi connectivity index (χ2n) is 32.4. The van der Waals surface area contributed by atoms with Crippen LogP contribution in [0.4, 0.5) is 0 Å². The fourth-order valence-corrected chi connectivity index (χ4v) is 16.7. The highest BCUT2D eigenvalue weighted by Gasteiger charge is 2.64. The molecule has 0 radical (unpaired) electrons. The van der Waals surface area contributed by atoms with E-state index in [1.165, 1.54) is 0 Å². The largest absolute Gasteiger partial charge is 0.477 e. The number of carbonyl (C=O) groups excluding carboxylic acids is 4. The molecule has 746 valence electrons. The van der Waals surface area contributed by atoms with Crippen molar-refractivity contribution in [3.63, 3.8) is 0 Å². The van der Waals surface area contributed by atoms with Gasteiger partial charge in [-0.05, 0) is 0 Å². The summed E-state index contributed by atoms with van der Waals surface area (Å²) in [5, 5.41) is 342. The Bertz CT molecular complexity index is 3550. The van der Waals surface area contributed by atoms with Crippen LogP contribution in [0.2, 0.25) is 0 Å². The number of carboxylic acids is 1. The third-order valence-corrected chi connectivity index (χ3v) is 23.4. The molecule has 0 aliphatic carbocycles. The van der Waals surface area contributed by atoms with E-state index >= 15 is 0 Å². The number of aliphatic hydroxyl groups excluding tert-OH is 29. The predicted octanol–water partition coefficient (Wildman–Crippen LogP) is -23.0. The van der Waals surface area contributed by atoms with E-state index in [1.807, 2.05) is 0 Å². The molecule has 10 fully saturated rings. The van der Waals surface area contributed by atoms with Gasteiger partial charge in [-0.1, -0.05) is 0 Å². The van der Waals surface area contributed by atoms with Gasteiger partial charge in [0.2, 0.25) is 23.6 Å². The number of rotatable bonds is 35. The number of ether oxygens (including phenoxy) is 19. The topological polar surface area (TPSA) is 916 Å². The molecule has 10 saturated heterocycles. The third kappa shape index (κ3) is 23.3. The summed E-state index contributed by atoms with van der Waals surface area (Å²) >= 11 is 0. The van der Waals surface area contributed by atoms with Gasteiger partial charge in [0.1, 0.15) is 238 Å². The Hall–Kier alpha value is -4.57. The Morgan fingerprint density at radius 1 is 0.318 bits per heavy atom. The first-order valence-corrected chi connectivity index (χ1v) is 40.8. The highest BCUT2D eigenvalue weighted by molar-refractivity contribution is 5.77. The lowest BCUT2D eigenvalue weighted by molar-refractivity contribution is -0.393. The van der Waals surface area contributed by atoms with E-state index in [0.29, 0.717) is 0 Å². The van der Waals surface area contributed by atoms with Crippen molar-refractivity contribution < 1.29 is 267 Å². The Morgan fingerprint density at radius 3 is 0.984 bits per heavy atom. The number of aliphatic carboxylic acids is 1. The Kier molecular flexibility index (Phi) is 38.0. The molecule has 0 aromatic carbocycles. The van der Waals surface area contributed by atoms with E-state index < -0.39 is 414 Å². The summed E-state index contributed by atoms with van der Waals surface area (Å²) in [5.41, 5.74) is 0. The lowest BCUT2D eigenvalue weighted by Crippen LogP contribution is -2.71. The standard InChI is InChI=1S/C71H118N4O54/c1-16(85)72-31-20(89)5-71(70(109)110,128-56(31)35(91)21(90)6-76)129-60-39(95)25(10-80)116-69(51(60)107)123-54-29(14-84)119-64(34(43(54)99)75-19(4)88)126-59-40(96)30(15-111-62-32(73-17(2)86)41(97)52(27(12-82)117-62)121-66-49(105)58(38(94)24(9-79)114-66)127-65-47(103)44(100)36(92)22(7-77)113-65)120-68(50(59)106)122-53-28(13-83)118-63(33(42(53)98)74-18(3)87)125-57-37(93)23(8-78)115-67(48(57)104)124-55-26(11-81)112-61(108)46(102)45(55)101/h20-69,76-84,89-108H,5-15H2,1-4H3,(H,72,85)(H,73,86)(H,74,87)(H,75,88)(H,109,110)/t20-,21+,22+,23+,24+,25+,26+,27+,28+,29+,30+,31+,32+,33+,34+,35+,36-,37-,38-,39-,40-,41+,42+,43+,44-,45+,46+,47+,48+,49+,50+,51+,52+,53+,54+,55+,56+,57-,58-,59-,60-,61?,62+,63-,64-,65+,66-,67-,68-,69-,71-/m0/s1. The lowest BCUT2D eigenvalue weighted by atomic mass is 9.88. The zero-order valence-corrected chi connectivity index (χ0v) is 68.9. The van der Waals surface area contributed by atoms with Crippen molar-refractivity contribution in [3.05, 3.63) is 0 Å². The van der Waals surface area contributed by atoms with Crippen LogP contribution in [0, 0.1) is 0 Å². The molecule has 10 rings (SSSR count). The van der Waals surface area contributed by atoms with Crippen LogP contribution in [0.5, 0.6) is 0 Å². The van der Waals surface area contributed by atoms with Crippen molar-refractivity contribution in [3.8, 4) is 0 Å². The molecule has 10 aliphatic rings. The van der Waals surface area contributed by atoms with Crippen LogP contribution < -0.4 is 21.3 Å². The molecule has 51 atom stereocenters. The first-order chi connectivity index (χ1) is 60.9. The van der Waals surface area contributed by atoms with E-state index in [4.69, 9.17) is 90.0 Å². The fraction of sp³-hybridized carbons (Fsp3) is 0.930. The maximum Gasteiger partial charge on any atom is 0.364 e. The van der Waals surface area contributed by atoms with E-state index in [1.54, 1.807) is 0 Å². The van der Waals surface area contributed by atoms with Crippen molar-refractivity contribution in [2.75, 3.05) is 66.1 Å². The number of amides is 4. The summed E-state index contributed by atoms with van der Waals surface area (Å²) in [7, 11) is 0. The number of hydrogen-bond acceptors (Lipinski definition) is 53. The van der Waals surface area contributed by atoms with Crippen LogP contribution in [-0.2, 0) is 114 Å². The van der Waals surface area contributed by atoms with E-state index in [9.17, 15) is 177 Å². The lowest BCUT2D eigenvalue weighted by Gasteiger charge is -2.51. The quantitative estimate of drug-likeness (QED) is 0.0280. The summed E-state index contributed by atoms with van der Waals surface area (Å²) in [6.45, 7) is -8.09. The third-order valence-electron chi connectivity index (χ3n) is 23.4. The van der Waals surface area contributed by atoms with Gasteiger partial charge in [-0.2, -0.15) is 0 Å². The molecule has 1 unspecified atom stereocenters. The van der Waals surface area contributed by atoms with E-state index in [0.717, 1.165) is 27.7 Å². The van der Waals surface area contributed by atoms with Gasteiger partial charge in [0.25, 0.3) is 5.79 Å². The fourth-order valence-electron chi connectivity index (χ4n) is 16.7. The van der Waals surface area contributed by atoms with Gasteiger partial charge >= 0.3 is 5.97 Å². The molecular formula is C71H118N4O54. The average Bonchev–Trinajstić information content (AvgIpc) is 0.758. The number of carboxylic acid groups (broad SMARTS) is 1. The SMILES string of the molecule is CC(=O)N[C@H]1[C@H](OC[C@H]2O[C@@H](O[C@H]3[C@H](O)[C@@H](NC(C)=O)[C@H](O[C@H]4[C@@H](O)[C@@H](CO)O[C@@H](O[C@H]5[C@H](O)[C@@H](O)C(O)O[C@@H]5CO)[C@@H]4O)O[C@@H]3CO)[C@H](O)[C@@H](O[C@@H]3O[C@H](CO)[C@@H](O[C@@H]4O[C@H](CO)[C@H](O)[C@H](O[C@]5(C(=O)O)C[C@H](O)[C@@H](NC(C)=O)[C@H]([C@H](O)[C@H](O)CO)O5)[C@H]4O)[C@H](O)[C@H]3NC(C)=O)[C@H]2O)O[C@H](CO)[C@@H](O[C@@H]2O[C@H](CO)[C@H](O)[C@H](O[C@H]3O[C@H](CO)[C@H](O)[C@H](O)[C@H]3O)[C@H]2O)[C@@H]1O. The zero-order chi connectivity index (χ0) is 95.3. The van der Waals surface area contributed by atoms with Crippen molar-refractivity contribution in [2.24, 2.45) is 0 Å². The Labute approximate surface area is 728 Å². The van der Waals surface area contributed by atoms with Crippen LogP contribution in [-0.4, -0.2) is 561 Å². The van der Waals surface area contributed by atoms with Crippen molar-refractivity contribution in [1.29, 1.82) is 0 Å². The summed E-state index contributed by atoms with van der Waals surface area (Å²) in [4.78, 5) is 65.2. The number of aliphatic hydroxyl groups is 29. The molecule has 0 aromatic heterocycles. The van der Waals surface area contributed by atoms with Crippen molar-refractivity contribution in [2.45, 2.75) is 347 Å². The maximum atomic E-state index is 13.3. The van der Waals surface area contributed by atoms with Gasteiger partial charge in [0.05, 0.1) is 78.2 Å². The van der Waals surface area contributed by atoms with Crippen LogP contribution >= 0.6 is 0 Å². The second kappa shape index (κ2) is 46.1. The van der Waals surface area contributed by atoms with Gasteiger partial charge in [-0.15, -0.1) is 0 Å².